The Morgan fingerprint density at radius 2 is 1.06 bits per heavy atom. The summed E-state index contributed by atoms with van der Waals surface area (Å²) < 4.78 is 18.4. The SMILES string of the molecule is CCCCCCCCCCCCCCCCCCC=CCCCOP(=O)(O)C(CC)[N+](C)(C)C. The molecule has 2 atom stereocenters. The molecule has 0 saturated carbocycles. The average molecular weight is 503 g/mol. The summed E-state index contributed by atoms with van der Waals surface area (Å²) in [6.07, 6.45) is 30.5. The maximum absolute atomic E-state index is 12.5. The van der Waals surface area contributed by atoms with Crippen molar-refractivity contribution < 1.29 is 18.5 Å². The second kappa shape index (κ2) is 22.1. The van der Waals surface area contributed by atoms with Gasteiger partial charge in [0.1, 0.15) is 0 Å². The van der Waals surface area contributed by atoms with Gasteiger partial charge in [-0.05, 0) is 25.7 Å². The minimum absolute atomic E-state index is 0.355. The Hall–Kier alpha value is -0.150. The molecule has 0 fully saturated rings. The van der Waals surface area contributed by atoms with Gasteiger partial charge in [-0.3, -0.25) is 4.57 Å². The Morgan fingerprint density at radius 3 is 1.44 bits per heavy atom. The molecule has 0 aromatic heterocycles. The molecule has 0 aliphatic rings. The molecule has 0 radical (unpaired) electrons. The molecule has 0 aliphatic carbocycles. The Balaban J connectivity index is 3.43. The van der Waals surface area contributed by atoms with E-state index in [1.165, 1.54) is 103 Å². The third-order valence-corrected chi connectivity index (χ3v) is 9.18. The molecule has 0 aromatic carbocycles. The van der Waals surface area contributed by atoms with Crippen LogP contribution < -0.4 is 0 Å². The summed E-state index contributed by atoms with van der Waals surface area (Å²) in [5, 5.41) is 0. The zero-order valence-corrected chi connectivity index (χ0v) is 24.6. The highest BCUT2D eigenvalue weighted by molar-refractivity contribution is 7.53. The van der Waals surface area contributed by atoms with Crippen LogP contribution in [0.25, 0.3) is 0 Å². The van der Waals surface area contributed by atoms with Crippen LogP contribution in [-0.4, -0.2) is 42.9 Å². The van der Waals surface area contributed by atoms with Crippen molar-refractivity contribution >= 4 is 7.60 Å². The second-order valence-corrected chi connectivity index (χ2v) is 13.1. The van der Waals surface area contributed by atoms with Gasteiger partial charge in [-0.2, -0.15) is 0 Å². The lowest BCUT2D eigenvalue weighted by Crippen LogP contribution is -2.44. The lowest BCUT2D eigenvalue weighted by Gasteiger charge is -2.35. The number of nitrogens with zero attached hydrogens (tertiary/aromatic N) is 1. The fourth-order valence-corrected chi connectivity index (χ4v) is 6.64. The lowest BCUT2D eigenvalue weighted by atomic mass is 10.0. The molecule has 0 bridgehead atoms. The number of unbranched alkanes of at least 4 members (excludes halogenated alkanes) is 17. The van der Waals surface area contributed by atoms with E-state index in [4.69, 9.17) is 4.52 Å². The van der Waals surface area contributed by atoms with Crippen molar-refractivity contribution in [3.8, 4) is 0 Å². The lowest BCUT2D eigenvalue weighted by molar-refractivity contribution is -0.883. The zero-order chi connectivity index (χ0) is 25.5. The molecule has 34 heavy (non-hydrogen) atoms. The van der Waals surface area contributed by atoms with Crippen molar-refractivity contribution in [2.45, 2.75) is 148 Å². The molecule has 0 heterocycles. The number of quaternary nitrogens is 1. The van der Waals surface area contributed by atoms with Crippen LogP contribution in [0.5, 0.6) is 0 Å². The van der Waals surface area contributed by atoms with Crippen LogP contribution in [0.3, 0.4) is 0 Å². The Bertz CT molecular complexity index is 516. The fourth-order valence-electron chi connectivity index (χ4n) is 4.74. The van der Waals surface area contributed by atoms with Gasteiger partial charge in [0.2, 0.25) is 0 Å². The Kier molecular flexibility index (Phi) is 22.0. The quantitative estimate of drug-likeness (QED) is 0.0585. The molecule has 0 amide bonds. The molecular formula is C29H61NO3P+. The van der Waals surface area contributed by atoms with Crippen molar-refractivity contribution in [3.05, 3.63) is 12.2 Å². The van der Waals surface area contributed by atoms with E-state index in [9.17, 15) is 9.46 Å². The van der Waals surface area contributed by atoms with E-state index < -0.39 is 7.60 Å². The van der Waals surface area contributed by atoms with Crippen molar-refractivity contribution in [2.24, 2.45) is 0 Å². The molecule has 204 valence electrons. The van der Waals surface area contributed by atoms with Crippen LogP contribution in [0.1, 0.15) is 142 Å². The smallest absolute Gasteiger partial charge is 0.320 e. The first-order valence-electron chi connectivity index (χ1n) is 14.7. The highest BCUT2D eigenvalue weighted by atomic mass is 31.2. The molecule has 0 aromatic rings. The average Bonchev–Trinajstić information content (AvgIpc) is 2.76. The summed E-state index contributed by atoms with van der Waals surface area (Å²) in [7, 11) is 2.27. The van der Waals surface area contributed by atoms with Gasteiger partial charge in [0, 0.05) is 6.42 Å². The van der Waals surface area contributed by atoms with E-state index in [1.54, 1.807) is 0 Å². The van der Waals surface area contributed by atoms with Gasteiger partial charge in [-0.15, -0.1) is 0 Å². The number of hydrogen-bond acceptors (Lipinski definition) is 2. The molecule has 0 rings (SSSR count). The summed E-state index contributed by atoms with van der Waals surface area (Å²) in [6, 6.07) is 0. The third-order valence-electron chi connectivity index (χ3n) is 6.82. The summed E-state index contributed by atoms with van der Waals surface area (Å²) >= 11 is 0. The normalized spacial score (nSPS) is 15.1. The largest absolute Gasteiger partial charge is 0.385 e. The fraction of sp³-hybridized carbons (Fsp3) is 0.931. The topological polar surface area (TPSA) is 46.5 Å². The predicted octanol–water partition coefficient (Wildman–Crippen LogP) is 9.62. The van der Waals surface area contributed by atoms with Crippen LogP contribution in [0.2, 0.25) is 0 Å². The molecule has 2 unspecified atom stereocenters. The molecule has 0 saturated heterocycles. The molecule has 5 heteroatoms. The molecular weight excluding hydrogens is 441 g/mol. The van der Waals surface area contributed by atoms with E-state index in [0.29, 0.717) is 17.5 Å². The van der Waals surface area contributed by atoms with Gasteiger partial charge >= 0.3 is 7.60 Å². The van der Waals surface area contributed by atoms with Crippen LogP contribution in [0, 0.1) is 0 Å². The van der Waals surface area contributed by atoms with Crippen LogP contribution >= 0.6 is 7.60 Å². The van der Waals surface area contributed by atoms with Crippen LogP contribution in [-0.2, 0) is 9.09 Å². The maximum Gasteiger partial charge on any atom is 0.385 e. The van der Waals surface area contributed by atoms with Crippen molar-refractivity contribution in [2.75, 3.05) is 27.7 Å². The van der Waals surface area contributed by atoms with E-state index in [0.717, 1.165) is 19.3 Å². The van der Waals surface area contributed by atoms with E-state index in [1.807, 2.05) is 28.1 Å². The monoisotopic (exact) mass is 502 g/mol. The highest BCUT2D eigenvalue weighted by Crippen LogP contribution is 2.51. The standard InChI is InChI=1S/C29H60NO3P/c1-6-8-9-10-11-12-13-14-15-16-17-18-19-20-21-22-23-24-25-26-27-28-33-34(31,32)29(7-2)30(3,4)5/h24-25,29H,6-23,26-28H2,1-5H3/p+1. The van der Waals surface area contributed by atoms with Crippen molar-refractivity contribution in [1.82, 2.24) is 0 Å². The van der Waals surface area contributed by atoms with Gasteiger partial charge in [0.05, 0.1) is 27.7 Å². The minimum atomic E-state index is -3.57. The highest BCUT2D eigenvalue weighted by Gasteiger charge is 2.41. The van der Waals surface area contributed by atoms with Crippen molar-refractivity contribution in [3.63, 3.8) is 0 Å². The van der Waals surface area contributed by atoms with Crippen LogP contribution in [0.4, 0.5) is 0 Å². The summed E-state index contributed by atoms with van der Waals surface area (Å²) in [5.74, 6) is -0.363. The molecule has 0 aliphatic heterocycles. The number of allylic oxidation sites excluding steroid dienone is 2. The maximum atomic E-state index is 12.5. The predicted molar refractivity (Wildman–Crippen MR) is 150 cm³/mol. The number of hydrogen-bond donors (Lipinski definition) is 1. The van der Waals surface area contributed by atoms with E-state index in [2.05, 4.69) is 19.1 Å². The van der Waals surface area contributed by atoms with Crippen LogP contribution in [0.15, 0.2) is 12.2 Å². The minimum Gasteiger partial charge on any atom is -0.320 e. The van der Waals surface area contributed by atoms with Gasteiger partial charge in [-0.25, -0.2) is 0 Å². The second-order valence-electron chi connectivity index (χ2n) is 11.1. The Morgan fingerprint density at radius 1 is 0.676 bits per heavy atom. The van der Waals surface area contributed by atoms with Gasteiger partial charge in [0.25, 0.3) is 0 Å². The number of rotatable bonds is 25. The molecule has 0 spiro atoms. The zero-order valence-electron chi connectivity index (χ0n) is 23.7. The van der Waals surface area contributed by atoms with Crippen molar-refractivity contribution in [1.29, 1.82) is 0 Å². The van der Waals surface area contributed by atoms with E-state index in [-0.39, 0.29) is 5.78 Å². The van der Waals surface area contributed by atoms with Gasteiger partial charge in [0.15, 0.2) is 5.78 Å². The first-order valence-corrected chi connectivity index (χ1v) is 16.3. The molecule has 4 nitrogen and oxygen atoms in total. The van der Waals surface area contributed by atoms with E-state index >= 15 is 0 Å². The Labute approximate surface area is 214 Å². The summed E-state index contributed by atoms with van der Waals surface area (Å²) in [5.41, 5.74) is 0. The first kappa shape index (κ1) is 33.8. The summed E-state index contributed by atoms with van der Waals surface area (Å²) in [6.45, 7) is 4.59. The first-order chi connectivity index (χ1) is 16.3. The van der Waals surface area contributed by atoms with Gasteiger partial charge < -0.3 is 13.9 Å². The summed E-state index contributed by atoms with van der Waals surface area (Å²) in [4.78, 5) is 10.3. The molecule has 1 N–H and O–H groups in total. The third kappa shape index (κ3) is 20.1. The van der Waals surface area contributed by atoms with Gasteiger partial charge in [-0.1, -0.05) is 122 Å².